The fourth-order valence-electron chi connectivity index (χ4n) is 1.33. The summed E-state index contributed by atoms with van der Waals surface area (Å²) in [6.07, 6.45) is 0.792. The Morgan fingerprint density at radius 2 is 2.21 bits per heavy atom. The van der Waals surface area contributed by atoms with Crippen molar-refractivity contribution in [2.75, 3.05) is 6.61 Å². The highest BCUT2D eigenvalue weighted by molar-refractivity contribution is 5.42. The molecule has 0 aliphatic rings. The summed E-state index contributed by atoms with van der Waals surface area (Å²) in [4.78, 5) is 0. The van der Waals surface area contributed by atoms with Crippen LogP contribution in [0.1, 0.15) is 19.4 Å². The maximum Gasteiger partial charge on any atom is 0.161 e. The van der Waals surface area contributed by atoms with Gasteiger partial charge in [-0.1, -0.05) is 6.07 Å². The predicted molar refractivity (Wildman–Crippen MR) is 56.6 cm³/mol. The lowest BCUT2D eigenvalue weighted by molar-refractivity contribution is 0.317. The quantitative estimate of drug-likeness (QED) is 0.768. The Balaban J connectivity index is 2.83. The largest absolute Gasteiger partial charge is 0.504 e. The Morgan fingerprint density at radius 1 is 1.50 bits per heavy atom. The van der Waals surface area contributed by atoms with Gasteiger partial charge in [-0.15, -0.1) is 0 Å². The topological polar surface area (TPSA) is 55.5 Å². The van der Waals surface area contributed by atoms with Crippen molar-refractivity contribution < 1.29 is 9.84 Å². The van der Waals surface area contributed by atoms with E-state index in [0.29, 0.717) is 12.4 Å². The highest BCUT2D eigenvalue weighted by Gasteiger charge is 2.04. The minimum atomic E-state index is 0.119. The van der Waals surface area contributed by atoms with E-state index in [1.54, 1.807) is 6.07 Å². The zero-order valence-corrected chi connectivity index (χ0v) is 8.66. The van der Waals surface area contributed by atoms with Gasteiger partial charge < -0.3 is 15.6 Å². The number of ether oxygens (including phenoxy) is 1. The molecule has 0 aromatic heterocycles. The Hall–Kier alpha value is -1.22. The third kappa shape index (κ3) is 2.92. The molecule has 3 nitrogen and oxygen atoms in total. The van der Waals surface area contributed by atoms with Crippen LogP contribution in [0.5, 0.6) is 11.5 Å². The number of nitrogens with two attached hydrogens (primary N) is 1. The van der Waals surface area contributed by atoms with Gasteiger partial charge in [0, 0.05) is 6.04 Å². The van der Waals surface area contributed by atoms with Crippen LogP contribution in [0.2, 0.25) is 0 Å². The standard InChI is InChI=1S/C11H17NO2/c1-3-14-11-7-9(6-8(2)12)4-5-10(11)13/h4-5,7-8,13H,3,6,12H2,1-2H3/t8-/m0/s1. The second-order valence-corrected chi connectivity index (χ2v) is 3.42. The molecule has 1 rings (SSSR count). The average Bonchev–Trinajstić information content (AvgIpc) is 2.10. The number of phenolic OH excluding ortho intramolecular Hbond substituents is 1. The number of phenols is 1. The van der Waals surface area contributed by atoms with Crippen molar-refractivity contribution in [3.63, 3.8) is 0 Å². The van der Waals surface area contributed by atoms with Crippen LogP contribution in [0.25, 0.3) is 0 Å². The molecule has 0 saturated heterocycles. The van der Waals surface area contributed by atoms with Crippen molar-refractivity contribution >= 4 is 0 Å². The monoisotopic (exact) mass is 195 g/mol. The summed E-state index contributed by atoms with van der Waals surface area (Å²) < 4.78 is 5.27. The molecule has 0 heterocycles. The van der Waals surface area contributed by atoms with E-state index in [1.807, 2.05) is 26.0 Å². The third-order valence-corrected chi connectivity index (χ3v) is 1.88. The van der Waals surface area contributed by atoms with Gasteiger partial charge in [0.1, 0.15) is 0 Å². The molecular formula is C11H17NO2. The first kappa shape index (κ1) is 10.9. The molecule has 3 N–H and O–H groups in total. The number of benzene rings is 1. The molecule has 0 saturated carbocycles. The van der Waals surface area contributed by atoms with Crippen molar-refractivity contribution in [3.8, 4) is 11.5 Å². The molecule has 0 bridgehead atoms. The Kier molecular flexibility index (Phi) is 3.77. The van der Waals surface area contributed by atoms with Crippen molar-refractivity contribution in [1.29, 1.82) is 0 Å². The van der Waals surface area contributed by atoms with Crippen LogP contribution in [0.15, 0.2) is 18.2 Å². The van der Waals surface area contributed by atoms with E-state index in [-0.39, 0.29) is 11.8 Å². The molecule has 78 valence electrons. The Bertz CT molecular complexity index is 297. The number of rotatable bonds is 4. The smallest absolute Gasteiger partial charge is 0.161 e. The van der Waals surface area contributed by atoms with Crippen LogP contribution >= 0.6 is 0 Å². The van der Waals surface area contributed by atoms with Gasteiger partial charge in [0.2, 0.25) is 0 Å². The molecule has 0 aliphatic carbocycles. The van der Waals surface area contributed by atoms with Gasteiger partial charge in [-0.05, 0) is 38.0 Å². The second-order valence-electron chi connectivity index (χ2n) is 3.42. The molecule has 0 fully saturated rings. The first-order valence-corrected chi connectivity index (χ1v) is 4.83. The van der Waals surface area contributed by atoms with E-state index in [1.165, 1.54) is 0 Å². The molecule has 1 aromatic carbocycles. The SMILES string of the molecule is CCOc1cc(C[C@H](C)N)ccc1O. The van der Waals surface area contributed by atoms with Crippen LogP contribution in [0, 0.1) is 0 Å². The molecule has 3 heteroatoms. The number of aromatic hydroxyl groups is 1. The summed E-state index contributed by atoms with van der Waals surface area (Å²) in [7, 11) is 0. The van der Waals surface area contributed by atoms with E-state index in [0.717, 1.165) is 12.0 Å². The molecule has 0 spiro atoms. The van der Waals surface area contributed by atoms with Crippen molar-refractivity contribution in [2.45, 2.75) is 26.3 Å². The summed E-state index contributed by atoms with van der Waals surface area (Å²) in [5.74, 6) is 0.714. The number of hydrogen-bond acceptors (Lipinski definition) is 3. The summed E-state index contributed by atoms with van der Waals surface area (Å²) >= 11 is 0. The van der Waals surface area contributed by atoms with Gasteiger partial charge in [-0.2, -0.15) is 0 Å². The third-order valence-electron chi connectivity index (χ3n) is 1.88. The van der Waals surface area contributed by atoms with E-state index in [2.05, 4.69) is 0 Å². The van der Waals surface area contributed by atoms with Crippen LogP contribution in [0.4, 0.5) is 0 Å². The van der Waals surface area contributed by atoms with Crippen molar-refractivity contribution in [1.82, 2.24) is 0 Å². The average molecular weight is 195 g/mol. The van der Waals surface area contributed by atoms with Gasteiger partial charge >= 0.3 is 0 Å². The van der Waals surface area contributed by atoms with Crippen molar-refractivity contribution in [3.05, 3.63) is 23.8 Å². The minimum Gasteiger partial charge on any atom is -0.504 e. The lowest BCUT2D eigenvalue weighted by atomic mass is 10.1. The number of hydrogen-bond donors (Lipinski definition) is 2. The highest BCUT2D eigenvalue weighted by Crippen LogP contribution is 2.27. The van der Waals surface area contributed by atoms with E-state index in [4.69, 9.17) is 10.5 Å². The molecule has 0 radical (unpaired) electrons. The Labute approximate surface area is 84.5 Å². The maximum atomic E-state index is 9.44. The first-order chi connectivity index (χ1) is 6.63. The summed E-state index contributed by atoms with van der Waals surface area (Å²) in [5.41, 5.74) is 6.77. The van der Waals surface area contributed by atoms with Gasteiger partial charge in [-0.25, -0.2) is 0 Å². The van der Waals surface area contributed by atoms with Gasteiger partial charge in [0.05, 0.1) is 6.61 Å². The molecule has 1 atom stereocenters. The molecule has 0 aliphatic heterocycles. The normalized spacial score (nSPS) is 12.5. The molecule has 0 unspecified atom stereocenters. The Morgan fingerprint density at radius 3 is 2.79 bits per heavy atom. The highest BCUT2D eigenvalue weighted by atomic mass is 16.5. The fourth-order valence-corrected chi connectivity index (χ4v) is 1.33. The summed E-state index contributed by atoms with van der Waals surface area (Å²) in [5, 5.41) is 9.44. The van der Waals surface area contributed by atoms with Crippen LogP contribution in [-0.4, -0.2) is 17.8 Å². The molecular weight excluding hydrogens is 178 g/mol. The minimum absolute atomic E-state index is 0.119. The maximum absolute atomic E-state index is 9.44. The molecule has 1 aromatic rings. The van der Waals surface area contributed by atoms with Crippen LogP contribution in [-0.2, 0) is 6.42 Å². The van der Waals surface area contributed by atoms with Gasteiger partial charge in [0.15, 0.2) is 11.5 Å². The second kappa shape index (κ2) is 4.86. The zero-order valence-electron chi connectivity index (χ0n) is 8.66. The van der Waals surface area contributed by atoms with Crippen LogP contribution in [0.3, 0.4) is 0 Å². The van der Waals surface area contributed by atoms with E-state index in [9.17, 15) is 5.11 Å². The van der Waals surface area contributed by atoms with E-state index < -0.39 is 0 Å². The van der Waals surface area contributed by atoms with Crippen LogP contribution < -0.4 is 10.5 Å². The lowest BCUT2D eigenvalue weighted by Crippen LogP contribution is -2.17. The summed E-state index contributed by atoms with van der Waals surface area (Å²) in [6.45, 7) is 4.39. The summed E-state index contributed by atoms with van der Waals surface area (Å²) in [6, 6.07) is 5.46. The van der Waals surface area contributed by atoms with Crippen molar-refractivity contribution in [2.24, 2.45) is 5.73 Å². The van der Waals surface area contributed by atoms with Gasteiger partial charge in [0.25, 0.3) is 0 Å². The molecule has 14 heavy (non-hydrogen) atoms. The fraction of sp³-hybridized carbons (Fsp3) is 0.455. The lowest BCUT2D eigenvalue weighted by Gasteiger charge is -2.09. The molecule has 0 amide bonds. The predicted octanol–water partition coefficient (Wildman–Crippen LogP) is 1.68. The zero-order chi connectivity index (χ0) is 10.6. The van der Waals surface area contributed by atoms with E-state index >= 15 is 0 Å². The van der Waals surface area contributed by atoms with Gasteiger partial charge in [-0.3, -0.25) is 0 Å². The first-order valence-electron chi connectivity index (χ1n) is 4.83.